The third kappa shape index (κ3) is 2.42. The van der Waals surface area contributed by atoms with Crippen LogP contribution in [0.5, 0.6) is 5.75 Å². The van der Waals surface area contributed by atoms with Crippen LogP contribution in [0.1, 0.15) is 17.7 Å². The number of carboxylic acids is 1. The molecule has 2 rings (SSSR count). The Balaban J connectivity index is 2.54. The van der Waals surface area contributed by atoms with Crippen LogP contribution < -0.4 is 4.74 Å². The van der Waals surface area contributed by atoms with E-state index >= 15 is 0 Å². The molecular formula is C14H15NO3. The van der Waals surface area contributed by atoms with Gasteiger partial charge in [0.05, 0.1) is 12.6 Å². The van der Waals surface area contributed by atoms with Crippen LogP contribution in [0.15, 0.2) is 24.3 Å². The topological polar surface area (TPSA) is 59.4 Å². The summed E-state index contributed by atoms with van der Waals surface area (Å²) in [4.78, 5) is 15.1. The second-order valence-electron chi connectivity index (χ2n) is 4.17. The predicted octanol–water partition coefficient (Wildman–Crippen LogP) is 2.57. The Morgan fingerprint density at radius 3 is 2.89 bits per heavy atom. The molecule has 0 spiro atoms. The van der Waals surface area contributed by atoms with Crippen LogP contribution >= 0.6 is 0 Å². The zero-order valence-corrected chi connectivity index (χ0v) is 10.4. The van der Waals surface area contributed by atoms with E-state index in [-0.39, 0.29) is 6.42 Å². The Morgan fingerprint density at radius 1 is 1.44 bits per heavy atom. The van der Waals surface area contributed by atoms with Gasteiger partial charge in [-0.2, -0.15) is 0 Å². The summed E-state index contributed by atoms with van der Waals surface area (Å²) in [5, 5.41) is 9.68. The predicted molar refractivity (Wildman–Crippen MR) is 69.0 cm³/mol. The van der Waals surface area contributed by atoms with Crippen LogP contribution in [0.3, 0.4) is 0 Å². The molecule has 1 aromatic carbocycles. The molecule has 0 aliphatic heterocycles. The van der Waals surface area contributed by atoms with E-state index in [2.05, 4.69) is 4.98 Å². The van der Waals surface area contributed by atoms with Gasteiger partial charge >= 0.3 is 5.97 Å². The monoisotopic (exact) mass is 245 g/mol. The normalized spacial score (nSPS) is 10.6. The molecule has 0 bridgehead atoms. The Labute approximate surface area is 105 Å². The molecule has 0 radical (unpaired) electrons. The zero-order chi connectivity index (χ0) is 13.1. The van der Waals surface area contributed by atoms with Crippen LogP contribution in [-0.2, 0) is 11.2 Å². The van der Waals surface area contributed by atoms with Gasteiger partial charge in [0, 0.05) is 23.6 Å². The van der Waals surface area contributed by atoms with E-state index in [0.717, 1.165) is 27.9 Å². The van der Waals surface area contributed by atoms with Crippen LogP contribution in [-0.4, -0.2) is 23.2 Å². The summed E-state index contributed by atoms with van der Waals surface area (Å²) in [7, 11) is 1.62. The number of aryl methyl sites for hydroxylation is 2. The lowest BCUT2D eigenvalue weighted by Gasteiger charge is -2.09. The van der Waals surface area contributed by atoms with Crippen LogP contribution in [0.4, 0.5) is 0 Å². The minimum absolute atomic E-state index is 0.108. The average molecular weight is 245 g/mol. The number of hydrogen-bond donors (Lipinski definition) is 1. The van der Waals surface area contributed by atoms with Gasteiger partial charge < -0.3 is 9.84 Å². The van der Waals surface area contributed by atoms with Gasteiger partial charge in [0.15, 0.2) is 0 Å². The van der Waals surface area contributed by atoms with Gasteiger partial charge in [-0.3, -0.25) is 9.78 Å². The van der Waals surface area contributed by atoms with Crippen molar-refractivity contribution in [3.63, 3.8) is 0 Å². The van der Waals surface area contributed by atoms with E-state index in [0.29, 0.717) is 6.42 Å². The highest BCUT2D eigenvalue weighted by atomic mass is 16.5. The lowest BCUT2D eigenvalue weighted by atomic mass is 10.0. The Kier molecular flexibility index (Phi) is 3.46. The van der Waals surface area contributed by atoms with E-state index in [9.17, 15) is 4.79 Å². The first-order valence-corrected chi connectivity index (χ1v) is 5.77. The standard InChI is InChI=1S/C14H15NO3/c1-9-8-12(18-2)11-5-3-4-10(14(11)15-9)6-7-13(16)17/h3-5,8H,6-7H2,1-2H3,(H,16,17). The molecule has 0 fully saturated rings. The summed E-state index contributed by atoms with van der Waals surface area (Å²) < 4.78 is 5.33. The van der Waals surface area contributed by atoms with E-state index in [1.807, 2.05) is 31.2 Å². The number of aliphatic carboxylic acids is 1. The minimum Gasteiger partial charge on any atom is -0.496 e. The summed E-state index contributed by atoms with van der Waals surface area (Å²) in [6.07, 6.45) is 0.587. The van der Waals surface area contributed by atoms with E-state index in [1.165, 1.54) is 0 Å². The molecule has 4 nitrogen and oxygen atoms in total. The molecule has 94 valence electrons. The first-order chi connectivity index (χ1) is 8.61. The van der Waals surface area contributed by atoms with Crippen molar-refractivity contribution in [3.8, 4) is 5.75 Å². The zero-order valence-electron chi connectivity index (χ0n) is 10.4. The number of hydrogen-bond acceptors (Lipinski definition) is 3. The molecule has 4 heteroatoms. The number of aromatic nitrogens is 1. The summed E-state index contributed by atoms with van der Waals surface area (Å²) in [6, 6.07) is 7.63. The third-order valence-electron chi connectivity index (χ3n) is 2.84. The fraction of sp³-hybridized carbons (Fsp3) is 0.286. The van der Waals surface area contributed by atoms with Gasteiger partial charge in [-0.1, -0.05) is 12.1 Å². The molecule has 0 atom stereocenters. The number of pyridine rings is 1. The van der Waals surface area contributed by atoms with E-state index < -0.39 is 5.97 Å². The van der Waals surface area contributed by atoms with Gasteiger partial charge in [-0.05, 0) is 25.0 Å². The maximum Gasteiger partial charge on any atom is 0.303 e. The van der Waals surface area contributed by atoms with Crippen molar-refractivity contribution >= 4 is 16.9 Å². The molecule has 0 saturated carbocycles. The highest BCUT2D eigenvalue weighted by molar-refractivity contribution is 5.88. The second kappa shape index (κ2) is 5.04. The van der Waals surface area contributed by atoms with Crippen molar-refractivity contribution in [1.29, 1.82) is 0 Å². The lowest BCUT2D eigenvalue weighted by molar-refractivity contribution is -0.136. The molecule has 0 amide bonds. The second-order valence-corrected chi connectivity index (χ2v) is 4.17. The van der Waals surface area contributed by atoms with Crippen molar-refractivity contribution in [1.82, 2.24) is 4.98 Å². The van der Waals surface area contributed by atoms with Crippen LogP contribution in [0, 0.1) is 6.92 Å². The summed E-state index contributed by atoms with van der Waals surface area (Å²) in [6.45, 7) is 1.90. The molecule has 18 heavy (non-hydrogen) atoms. The minimum atomic E-state index is -0.799. The van der Waals surface area contributed by atoms with Gasteiger partial charge in [-0.25, -0.2) is 0 Å². The van der Waals surface area contributed by atoms with Gasteiger partial charge in [0.2, 0.25) is 0 Å². The molecule has 1 N–H and O–H groups in total. The maximum absolute atomic E-state index is 10.7. The fourth-order valence-electron chi connectivity index (χ4n) is 2.01. The van der Waals surface area contributed by atoms with Crippen molar-refractivity contribution in [2.75, 3.05) is 7.11 Å². The maximum atomic E-state index is 10.7. The highest BCUT2D eigenvalue weighted by Crippen LogP contribution is 2.27. The summed E-state index contributed by atoms with van der Waals surface area (Å²) in [5.41, 5.74) is 2.63. The van der Waals surface area contributed by atoms with Crippen molar-refractivity contribution in [3.05, 3.63) is 35.5 Å². The van der Waals surface area contributed by atoms with Crippen LogP contribution in [0.25, 0.3) is 10.9 Å². The van der Waals surface area contributed by atoms with Gasteiger partial charge in [0.1, 0.15) is 5.75 Å². The average Bonchev–Trinajstić information content (AvgIpc) is 2.35. The first-order valence-electron chi connectivity index (χ1n) is 5.77. The van der Waals surface area contributed by atoms with Gasteiger partial charge in [-0.15, -0.1) is 0 Å². The van der Waals surface area contributed by atoms with Crippen molar-refractivity contribution in [2.45, 2.75) is 19.8 Å². The number of para-hydroxylation sites is 1. The number of carboxylic acid groups (broad SMARTS) is 1. The lowest BCUT2D eigenvalue weighted by Crippen LogP contribution is -2.00. The Morgan fingerprint density at radius 2 is 2.22 bits per heavy atom. The number of benzene rings is 1. The Bertz CT molecular complexity index is 593. The van der Waals surface area contributed by atoms with Gasteiger partial charge in [0.25, 0.3) is 0 Å². The number of nitrogens with zero attached hydrogens (tertiary/aromatic N) is 1. The number of methoxy groups -OCH3 is 1. The quantitative estimate of drug-likeness (QED) is 0.899. The molecule has 0 unspecified atom stereocenters. The fourth-order valence-corrected chi connectivity index (χ4v) is 2.01. The third-order valence-corrected chi connectivity index (χ3v) is 2.84. The number of carbonyl (C=O) groups is 1. The Hall–Kier alpha value is -2.10. The SMILES string of the molecule is COc1cc(C)nc2c(CCC(=O)O)cccc12. The molecule has 0 aliphatic rings. The van der Waals surface area contributed by atoms with E-state index in [4.69, 9.17) is 9.84 Å². The first kappa shape index (κ1) is 12.4. The number of fused-ring (bicyclic) bond motifs is 1. The molecular weight excluding hydrogens is 230 g/mol. The largest absolute Gasteiger partial charge is 0.496 e. The smallest absolute Gasteiger partial charge is 0.303 e. The van der Waals surface area contributed by atoms with Crippen LogP contribution in [0.2, 0.25) is 0 Å². The molecule has 1 heterocycles. The van der Waals surface area contributed by atoms with Crippen molar-refractivity contribution in [2.24, 2.45) is 0 Å². The number of rotatable bonds is 4. The highest BCUT2D eigenvalue weighted by Gasteiger charge is 2.09. The van der Waals surface area contributed by atoms with E-state index in [1.54, 1.807) is 7.11 Å². The summed E-state index contributed by atoms with van der Waals surface area (Å²) in [5.74, 6) is -0.0266. The summed E-state index contributed by atoms with van der Waals surface area (Å²) >= 11 is 0. The van der Waals surface area contributed by atoms with Crippen molar-refractivity contribution < 1.29 is 14.6 Å². The molecule has 2 aromatic rings. The molecule has 1 aromatic heterocycles. The number of ether oxygens (including phenoxy) is 1. The molecule has 0 saturated heterocycles. The molecule has 0 aliphatic carbocycles.